The number of unbranched alkanes of at least 4 members (excludes halogenated alkanes) is 2. The third kappa shape index (κ3) is 11.2. The molecule has 0 aliphatic heterocycles. The van der Waals surface area contributed by atoms with E-state index < -0.39 is 25.2 Å². The topological polar surface area (TPSA) is 112 Å². The van der Waals surface area contributed by atoms with E-state index in [1.165, 1.54) is 56.9 Å². The van der Waals surface area contributed by atoms with Gasteiger partial charge in [-0.05, 0) is 66.3 Å². The predicted molar refractivity (Wildman–Crippen MR) is 166 cm³/mol. The molecule has 8 heteroatoms. The van der Waals surface area contributed by atoms with E-state index >= 15 is 0 Å². The number of carbonyl (C=O) groups is 2. The molecule has 0 unspecified atom stereocenters. The molecular formula is C35H46O8. The Labute approximate surface area is 255 Å². The van der Waals surface area contributed by atoms with Crippen molar-refractivity contribution in [3.05, 3.63) is 72.3 Å². The van der Waals surface area contributed by atoms with Crippen molar-refractivity contribution in [2.75, 3.05) is 39.6 Å². The average Bonchev–Trinajstić information content (AvgIpc) is 3.04. The summed E-state index contributed by atoms with van der Waals surface area (Å²) in [6.45, 7) is 8.38. The highest BCUT2D eigenvalue weighted by Crippen LogP contribution is 2.39. The van der Waals surface area contributed by atoms with Crippen LogP contribution in [-0.4, -0.2) is 61.8 Å². The molecule has 0 atom stereocenters. The maximum Gasteiger partial charge on any atom is 0.335 e. The van der Waals surface area contributed by atoms with Gasteiger partial charge in [0.2, 0.25) is 0 Å². The standard InChI is InChI=1S/C35H46O8/c1-4-5-6-7-27-8-10-28(11-9-27)29-12-14-30(15-13-29)31-20-32(40-16-18-42-34(38)25(2)23-36)22-33(21-31)41-17-19-43-35(39)26(3)24-37/h12-15,20-22,27-28,36-37H,2-11,16-19,23-24H2,1H3. The molecule has 2 aromatic rings. The van der Waals surface area contributed by atoms with Crippen LogP contribution >= 0.6 is 0 Å². The molecule has 0 amide bonds. The number of benzene rings is 2. The molecule has 1 fully saturated rings. The van der Waals surface area contributed by atoms with Crippen molar-refractivity contribution >= 4 is 11.9 Å². The first-order valence-corrected chi connectivity index (χ1v) is 15.3. The Balaban J connectivity index is 1.65. The highest BCUT2D eigenvalue weighted by Gasteiger charge is 2.22. The molecule has 2 N–H and O–H groups in total. The van der Waals surface area contributed by atoms with E-state index in [9.17, 15) is 9.59 Å². The number of hydrogen-bond donors (Lipinski definition) is 2. The molecule has 1 aliphatic rings. The summed E-state index contributed by atoms with van der Waals surface area (Å²) in [6.07, 6.45) is 10.4. The van der Waals surface area contributed by atoms with Gasteiger partial charge in [0.1, 0.15) is 37.9 Å². The summed E-state index contributed by atoms with van der Waals surface area (Å²) in [4.78, 5) is 23.5. The van der Waals surface area contributed by atoms with Crippen molar-refractivity contribution in [3.8, 4) is 22.6 Å². The van der Waals surface area contributed by atoms with Gasteiger partial charge in [-0.15, -0.1) is 0 Å². The summed E-state index contributed by atoms with van der Waals surface area (Å²) < 4.78 is 21.8. The Hall–Kier alpha value is -3.62. The second-order valence-corrected chi connectivity index (χ2v) is 11.0. The molecule has 0 spiro atoms. The van der Waals surface area contributed by atoms with Crippen LogP contribution in [0.2, 0.25) is 0 Å². The van der Waals surface area contributed by atoms with Gasteiger partial charge in [-0.2, -0.15) is 0 Å². The van der Waals surface area contributed by atoms with Gasteiger partial charge in [-0.3, -0.25) is 0 Å². The fourth-order valence-corrected chi connectivity index (χ4v) is 5.24. The van der Waals surface area contributed by atoms with Gasteiger partial charge in [-0.1, -0.05) is 70.0 Å². The van der Waals surface area contributed by atoms with Gasteiger partial charge in [0.05, 0.1) is 24.4 Å². The average molecular weight is 595 g/mol. The Morgan fingerprint density at radius 3 is 1.77 bits per heavy atom. The zero-order chi connectivity index (χ0) is 31.0. The first-order valence-electron chi connectivity index (χ1n) is 15.3. The Morgan fingerprint density at radius 2 is 1.28 bits per heavy atom. The fourth-order valence-electron chi connectivity index (χ4n) is 5.24. The molecule has 3 rings (SSSR count). The molecule has 0 bridgehead atoms. The summed E-state index contributed by atoms with van der Waals surface area (Å²) in [5.74, 6) is 1.15. The molecule has 1 aliphatic carbocycles. The summed E-state index contributed by atoms with van der Waals surface area (Å²) in [5.41, 5.74) is 3.21. The van der Waals surface area contributed by atoms with Crippen molar-refractivity contribution in [1.29, 1.82) is 0 Å². The molecule has 2 aromatic carbocycles. The highest BCUT2D eigenvalue weighted by molar-refractivity contribution is 5.88. The smallest absolute Gasteiger partial charge is 0.335 e. The lowest BCUT2D eigenvalue weighted by atomic mass is 9.77. The zero-order valence-electron chi connectivity index (χ0n) is 25.4. The van der Waals surface area contributed by atoms with Crippen molar-refractivity contribution < 1.29 is 38.7 Å². The number of aliphatic hydroxyl groups excluding tert-OH is 2. The first-order chi connectivity index (χ1) is 20.8. The Kier molecular flexibility index (Phi) is 14.3. The van der Waals surface area contributed by atoms with Gasteiger partial charge >= 0.3 is 11.9 Å². The lowest BCUT2D eigenvalue weighted by Crippen LogP contribution is -2.15. The largest absolute Gasteiger partial charge is 0.490 e. The van der Waals surface area contributed by atoms with Crippen LogP contribution in [0.5, 0.6) is 11.5 Å². The van der Waals surface area contributed by atoms with Gasteiger partial charge < -0.3 is 29.2 Å². The van der Waals surface area contributed by atoms with Crippen LogP contribution in [0.3, 0.4) is 0 Å². The van der Waals surface area contributed by atoms with E-state index in [0.29, 0.717) is 17.4 Å². The molecule has 43 heavy (non-hydrogen) atoms. The van der Waals surface area contributed by atoms with Gasteiger partial charge in [0.15, 0.2) is 0 Å². The van der Waals surface area contributed by atoms with E-state index in [1.54, 1.807) is 6.07 Å². The number of aliphatic hydroxyl groups is 2. The maximum absolute atomic E-state index is 11.7. The minimum absolute atomic E-state index is 0.0154. The number of esters is 2. The Morgan fingerprint density at radius 1 is 0.744 bits per heavy atom. The second-order valence-electron chi connectivity index (χ2n) is 11.0. The zero-order valence-corrected chi connectivity index (χ0v) is 25.4. The molecular weight excluding hydrogens is 548 g/mol. The molecule has 1 saturated carbocycles. The molecule has 0 saturated heterocycles. The predicted octanol–water partition coefficient (Wildman–Crippen LogP) is 6.15. The van der Waals surface area contributed by atoms with Crippen molar-refractivity contribution in [3.63, 3.8) is 0 Å². The molecule has 0 aromatic heterocycles. The quantitative estimate of drug-likeness (QED) is 0.120. The third-order valence-corrected chi connectivity index (χ3v) is 7.79. The lowest BCUT2D eigenvalue weighted by Gasteiger charge is -2.29. The molecule has 234 valence electrons. The van der Waals surface area contributed by atoms with E-state index in [4.69, 9.17) is 29.2 Å². The summed E-state index contributed by atoms with van der Waals surface area (Å²) in [7, 11) is 0. The molecule has 8 nitrogen and oxygen atoms in total. The summed E-state index contributed by atoms with van der Waals surface area (Å²) in [6, 6.07) is 14.2. The van der Waals surface area contributed by atoms with Gasteiger partial charge in [-0.25, -0.2) is 9.59 Å². The summed E-state index contributed by atoms with van der Waals surface area (Å²) >= 11 is 0. The van der Waals surface area contributed by atoms with Crippen LogP contribution in [0.1, 0.15) is 69.8 Å². The molecule has 0 heterocycles. The minimum Gasteiger partial charge on any atom is -0.490 e. The van der Waals surface area contributed by atoms with E-state index in [2.05, 4.69) is 44.3 Å². The third-order valence-electron chi connectivity index (χ3n) is 7.79. The number of rotatable bonds is 18. The van der Waals surface area contributed by atoms with Gasteiger partial charge in [0, 0.05) is 6.07 Å². The normalized spacial score (nSPS) is 16.3. The van der Waals surface area contributed by atoms with E-state index in [0.717, 1.165) is 17.0 Å². The minimum atomic E-state index is -0.674. The van der Waals surface area contributed by atoms with Crippen LogP contribution in [0.25, 0.3) is 11.1 Å². The number of hydrogen-bond acceptors (Lipinski definition) is 8. The maximum atomic E-state index is 11.7. The van der Waals surface area contributed by atoms with Crippen molar-refractivity contribution in [1.82, 2.24) is 0 Å². The number of carbonyl (C=O) groups excluding carboxylic acids is 2. The monoisotopic (exact) mass is 594 g/mol. The first kappa shape index (κ1) is 33.9. The number of ether oxygens (including phenoxy) is 4. The second kappa shape index (κ2) is 18.1. The van der Waals surface area contributed by atoms with Crippen LogP contribution in [0.4, 0.5) is 0 Å². The summed E-state index contributed by atoms with van der Waals surface area (Å²) in [5, 5.41) is 18.0. The lowest BCUT2D eigenvalue weighted by molar-refractivity contribution is -0.141. The van der Waals surface area contributed by atoms with Crippen LogP contribution < -0.4 is 9.47 Å². The van der Waals surface area contributed by atoms with E-state index in [1.807, 2.05) is 12.1 Å². The Bertz CT molecular complexity index is 1140. The van der Waals surface area contributed by atoms with Crippen LogP contribution in [0, 0.1) is 5.92 Å². The SMILES string of the molecule is C=C(CO)C(=O)OCCOc1cc(OCCOC(=O)C(=C)CO)cc(-c2ccc(C3CCC(CCCCC)CC3)cc2)c1. The van der Waals surface area contributed by atoms with Crippen molar-refractivity contribution in [2.45, 2.75) is 64.2 Å². The van der Waals surface area contributed by atoms with Gasteiger partial charge in [0.25, 0.3) is 0 Å². The highest BCUT2D eigenvalue weighted by atomic mass is 16.6. The fraction of sp³-hybridized carbons (Fsp3) is 0.486. The molecule has 0 radical (unpaired) electrons. The van der Waals surface area contributed by atoms with Crippen LogP contribution in [0.15, 0.2) is 66.8 Å². The van der Waals surface area contributed by atoms with Crippen LogP contribution in [-0.2, 0) is 19.1 Å². The van der Waals surface area contributed by atoms with E-state index in [-0.39, 0.29) is 37.6 Å². The van der Waals surface area contributed by atoms with Crippen molar-refractivity contribution in [2.24, 2.45) is 5.92 Å².